The van der Waals surface area contributed by atoms with Crippen LogP contribution in [0.2, 0.25) is 4.34 Å². The van der Waals surface area contributed by atoms with Crippen molar-refractivity contribution in [3.63, 3.8) is 0 Å². The van der Waals surface area contributed by atoms with E-state index in [0.717, 1.165) is 15.8 Å². The van der Waals surface area contributed by atoms with E-state index in [1.165, 1.54) is 35.6 Å². The molecule has 0 spiro atoms. The zero-order valence-corrected chi connectivity index (χ0v) is 14.5. The summed E-state index contributed by atoms with van der Waals surface area (Å²) in [5.41, 5.74) is 0. The molecule has 3 nitrogen and oxygen atoms in total. The van der Waals surface area contributed by atoms with Crippen molar-refractivity contribution in [3.05, 3.63) is 51.4 Å². The van der Waals surface area contributed by atoms with E-state index in [4.69, 9.17) is 11.6 Å². The van der Waals surface area contributed by atoms with Crippen LogP contribution in [0.5, 0.6) is 0 Å². The van der Waals surface area contributed by atoms with Crippen molar-refractivity contribution in [3.8, 4) is 0 Å². The van der Waals surface area contributed by atoms with Gasteiger partial charge in [0.2, 0.25) is 0 Å². The van der Waals surface area contributed by atoms with Gasteiger partial charge in [-0.1, -0.05) is 11.6 Å². The first-order valence-corrected chi connectivity index (χ1v) is 9.62. The van der Waals surface area contributed by atoms with Crippen LogP contribution in [0.3, 0.4) is 0 Å². The minimum atomic E-state index is -3.35. The van der Waals surface area contributed by atoms with Gasteiger partial charge >= 0.3 is 0 Å². The van der Waals surface area contributed by atoms with E-state index >= 15 is 0 Å². The number of nitrogens with zero attached hydrogens (tertiary/aromatic N) is 1. The van der Waals surface area contributed by atoms with Crippen molar-refractivity contribution in [1.29, 1.82) is 0 Å². The summed E-state index contributed by atoms with van der Waals surface area (Å²) in [6.45, 7) is 1.41. The molecule has 0 aliphatic rings. The number of thiophene rings is 1. The van der Waals surface area contributed by atoms with Crippen molar-refractivity contribution in [2.75, 3.05) is 19.3 Å². The lowest BCUT2D eigenvalue weighted by Crippen LogP contribution is -2.21. The van der Waals surface area contributed by atoms with E-state index in [-0.39, 0.29) is 10.6 Å². The molecule has 0 aliphatic carbocycles. The van der Waals surface area contributed by atoms with Crippen LogP contribution in [0.1, 0.15) is 11.3 Å². The molecule has 0 saturated carbocycles. The third kappa shape index (κ3) is 5.05. The van der Waals surface area contributed by atoms with Gasteiger partial charge in [-0.15, -0.1) is 11.3 Å². The minimum absolute atomic E-state index is 0.0498. The molecule has 0 fully saturated rings. The number of halogens is 2. The van der Waals surface area contributed by atoms with Gasteiger partial charge in [-0.05, 0) is 56.4 Å². The molecule has 7 heteroatoms. The second-order valence-electron chi connectivity index (χ2n) is 5.07. The van der Waals surface area contributed by atoms with Crippen LogP contribution in [0, 0.1) is 5.82 Å². The maximum Gasteiger partial charge on any atom is 0.178 e. The highest BCUT2D eigenvalue weighted by Crippen LogP contribution is 2.22. The average Bonchev–Trinajstić information content (AvgIpc) is 2.84. The fourth-order valence-electron chi connectivity index (χ4n) is 2.07. The Morgan fingerprint density at radius 1 is 1.18 bits per heavy atom. The van der Waals surface area contributed by atoms with Gasteiger partial charge in [-0.25, -0.2) is 12.8 Å². The molecule has 0 bridgehead atoms. The van der Waals surface area contributed by atoms with Crippen LogP contribution in [0.25, 0.3) is 0 Å². The second kappa shape index (κ2) is 7.55. The number of hydrogen-bond acceptors (Lipinski definition) is 4. The van der Waals surface area contributed by atoms with Gasteiger partial charge in [0, 0.05) is 11.4 Å². The molecule has 120 valence electrons. The average molecular weight is 362 g/mol. The van der Waals surface area contributed by atoms with Crippen molar-refractivity contribution in [2.24, 2.45) is 0 Å². The van der Waals surface area contributed by atoms with Gasteiger partial charge in [0.15, 0.2) is 9.84 Å². The molecule has 0 saturated heterocycles. The Labute approximate surface area is 139 Å². The molecular weight excluding hydrogens is 345 g/mol. The Morgan fingerprint density at radius 2 is 1.86 bits per heavy atom. The lowest BCUT2D eigenvalue weighted by atomic mass is 10.3. The largest absolute Gasteiger partial charge is 0.301 e. The second-order valence-corrected chi connectivity index (χ2v) is 8.98. The van der Waals surface area contributed by atoms with Gasteiger partial charge in [0.1, 0.15) is 5.82 Å². The van der Waals surface area contributed by atoms with E-state index in [9.17, 15) is 12.8 Å². The van der Waals surface area contributed by atoms with E-state index in [1.54, 1.807) is 0 Å². The van der Waals surface area contributed by atoms with Gasteiger partial charge in [0.25, 0.3) is 0 Å². The van der Waals surface area contributed by atoms with Crippen molar-refractivity contribution >= 4 is 32.8 Å². The number of benzene rings is 1. The molecule has 0 amide bonds. The highest BCUT2D eigenvalue weighted by Gasteiger charge is 2.14. The molecule has 22 heavy (non-hydrogen) atoms. The number of rotatable bonds is 7. The SMILES string of the molecule is CN(CCCS(=O)(=O)c1ccc(F)cc1)Cc1ccc(Cl)s1. The first-order chi connectivity index (χ1) is 10.4. The van der Waals surface area contributed by atoms with Crippen molar-refractivity contribution < 1.29 is 12.8 Å². The summed E-state index contributed by atoms with van der Waals surface area (Å²) in [4.78, 5) is 3.37. The van der Waals surface area contributed by atoms with Crippen LogP contribution in [0.4, 0.5) is 4.39 Å². The van der Waals surface area contributed by atoms with Gasteiger partial charge in [-0.2, -0.15) is 0 Å². The minimum Gasteiger partial charge on any atom is -0.301 e. The summed E-state index contributed by atoms with van der Waals surface area (Å²) in [7, 11) is -1.41. The Bertz CT molecular complexity index is 713. The predicted octanol–water partition coefficient (Wildman–Crippen LogP) is 3.84. The maximum absolute atomic E-state index is 12.8. The molecule has 1 aromatic heterocycles. The summed E-state index contributed by atoms with van der Waals surface area (Å²) < 4.78 is 37.8. The molecule has 0 unspecified atom stereocenters. The van der Waals surface area contributed by atoms with Crippen LogP contribution in [0.15, 0.2) is 41.3 Å². The van der Waals surface area contributed by atoms with Crippen molar-refractivity contribution in [1.82, 2.24) is 4.90 Å². The third-order valence-corrected chi connectivity index (χ3v) is 6.21. The van der Waals surface area contributed by atoms with Gasteiger partial charge in [-0.3, -0.25) is 0 Å². The highest BCUT2D eigenvalue weighted by atomic mass is 35.5. The van der Waals surface area contributed by atoms with E-state index < -0.39 is 15.7 Å². The Morgan fingerprint density at radius 3 is 2.45 bits per heavy atom. The quantitative estimate of drug-likeness (QED) is 0.703. The fraction of sp³-hybridized carbons (Fsp3) is 0.333. The zero-order valence-electron chi connectivity index (χ0n) is 12.1. The van der Waals surface area contributed by atoms with Crippen LogP contribution in [-0.4, -0.2) is 32.7 Å². The maximum atomic E-state index is 12.8. The first kappa shape index (κ1) is 17.4. The van der Waals surface area contributed by atoms with Crippen LogP contribution in [-0.2, 0) is 16.4 Å². The molecular formula is C15H17ClFNO2S2. The lowest BCUT2D eigenvalue weighted by molar-refractivity contribution is 0.330. The summed E-state index contributed by atoms with van der Waals surface area (Å²) in [6.07, 6.45) is 0.523. The highest BCUT2D eigenvalue weighted by molar-refractivity contribution is 7.91. The predicted molar refractivity (Wildman–Crippen MR) is 88.7 cm³/mol. The summed E-state index contributed by atoms with van der Waals surface area (Å²) in [5.74, 6) is -0.387. The normalized spacial score (nSPS) is 12.0. The molecule has 0 aliphatic heterocycles. The van der Waals surface area contributed by atoms with Gasteiger partial charge < -0.3 is 4.90 Å². The lowest BCUT2D eigenvalue weighted by Gasteiger charge is -2.15. The standard InChI is InChI=1S/C15H17ClFNO2S2/c1-18(11-13-5-8-15(16)21-13)9-2-10-22(19,20)14-6-3-12(17)4-7-14/h3-8H,2,9-11H2,1H3. The van der Waals surface area contributed by atoms with E-state index in [0.29, 0.717) is 13.0 Å². The smallest absolute Gasteiger partial charge is 0.178 e. The molecule has 2 rings (SSSR count). The van der Waals surface area contributed by atoms with E-state index in [2.05, 4.69) is 4.90 Å². The summed E-state index contributed by atoms with van der Waals surface area (Å²) in [5, 5.41) is 0. The number of sulfone groups is 1. The van der Waals surface area contributed by atoms with Crippen molar-refractivity contribution in [2.45, 2.75) is 17.9 Å². The fourth-order valence-corrected chi connectivity index (χ4v) is 4.53. The third-order valence-electron chi connectivity index (χ3n) is 3.18. The van der Waals surface area contributed by atoms with Crippen LogP contribution < -0.4 is 0 Å². The zero-order chi connectivity index (χ0) is 16.2. The Hall–Kier alpha value is -0.950. The van der Waals surface area contributed by atoms with Gasteiger partial charge in [0.05, 0.1) is 15.0 Å². The van der Waals surface area contributed by atoms with Crippen LogP contribution >= 0.6 is 22.9 Å². The number of hydrogen-bond donors (Lipinski definition) is 0. The molecule has 1 heterocycles. The molecule has 0 atom stereocenters. The molecule has 1 aromatic carbocycles. The summed E-state index contributed by atoms with van der Waals surface area (Å²) in [6, 6.07) is 8.77. The molecule has 2 aromatic rings. The Kier molecular flexibility index (Phi) is 5.97. The summed E-state index contributed by atoms with van der Waals surface area (Å²) >= 11 is 7.40. The monoisotopic (exact) mass is 361 g/mol. The Balaban J connectivity index is 1.83. The molecule has 0 radical (unpaired) electrons. The van der Waals surface area contributed by atoms with E-state index in [1.807, 2.05) is 19.2 Å². The first-order valence-electron chi connectivity index (χ1n) is 6.78. The topological polar surface area (TPSA) is 37.4 Å². The molecule has 0 N–H and O–H groups in total.